The largest absolute Gasteiger partial charge is 0.383 e. The Morgan fingerprint density at radius 1 is 1.57 bits per heavy atom. The number of halogens is 1. The van der Waals surface area contributed by atoms with E-state index in [0.29, 0.717) is 12.2 Å². The molecule has 2 unspecified atom stereocenters. The Kier molecular flexibility index (Phi) is 5.52. The van der Waals surface area contributed by atoms with E-state index in [1.54, 1.807) is 12.1 Å². The first-order valence-electron chi connectivity index (χ1n) is 7.16. The Morgan fingerprint density at radius 3 is 3.05 bits per heavy atom. The van der Waals surface area contributed by atoms with E-state index in [0.717, 1.165) is 19.4 Å². The van der Waals surface area contributed by atoms with Crippen molar-refractivity contribution in [3.63, 3.8) is 0 Å². The van der Waals surface area contributed by atoms with Gasteiger partial charge >= 0.3 is 0 Å². The Balaban J connectivity index is 1.95. The smallest absolute Gasteiger partial charge is 0.239 e. The van der Waals surface area contributed by atoms with Crippen molar-refractivity contribution >= 4 is 11.6 Å². The number of nitrogens with one attached hydrogen (secondary N) is 1. The van der Waals surface area contributed by atoms with E-state index in [9.17, 15) is 9.18 Å². The maximum atomic E-state index is 13.8. The maximum absolute atomic E-state index is 13.8. The Labute approximate surface area is 124 Å². The van der Waals surface area contributed by atoms with Gasteiger partial charge in [-0.1, -0.05) is 12.1 Å². The molecular formula is C15H22FN3O2. The Morgan fingerprint density at radius 2 is 2.33 bits per heavy atom. The third kappa shape index (κ3) is 4.15. The van der Waals surface area contributed by atoms with Crippen molar-refractivity contribution in [3.05, 3.63) is 30.1 Å². The second-order valence-corrected chi connectivity index (χ2v) is 5.31. The summed E-state index contributed by atoms with van der Waals surface area (Å²) in [4.78, 5) is 13.9. The number of nitrogens with zero attached hydrogens (tertiary/aromatic N) is 1. The molecule has 1 heterocycles. The molecule has 0 aliphatic carbocycles. The van der Waals surface area contributed by atoms with Crippen LogP contribution in [0.4, 0.5) is 10.1 Å². The monoisotopic (exact) mass is 295 g/mol. The van der Waals surface area contributed by atoms with Crippen molar-refractivity contribution in [2.75, 3.05) is 31.7 Å². The summed E-state index contributed by atoms with van der Waals surface area (Å²) in [5.41, 5.74) is 6.29. The van der Waals surface area contributed by atoms with Crippen LogP contribution in [-0.2, 0) is 9.53 Å². The minimum absolute atomic E-state index is 0.0197. The van der Waals surface area contributed by atoms with Gasteiger partial charge in [-0.15, -0.1) is 0 Å². The summed E-state index contributed by atoms with van der Waals surface area (Å²) in [6.45, 7) is 1.57. The summed E-state index contributed by atoms with van der Waals surface area (Å²) in [5.74, 6) is -0.460. The van der Waals surface area contributed by atoms with E-state index in [4.69, 9.17) is 10.5 Å². The number of rotatable bonds is 5. The number of hydrogen-bond acceptors (Lipinski definition) is 4. The van der Waals surface area contributed by atoms with Crippen molar-refractivity contribution in [2.45, 2.75) is 24.9 Å². The predicted octanol–water partition coefficient (Wildman–Crippen LogP) is 0.884. The van der Waals surface area contributed by atoms with Gasteiger partial charge in [0.25, 0.3) is 0 Å². The van der Waals surface area contributed by atoms with Crippen molar-refractivity contribution in [1.29, 1.82) is 0 Å². The van der Waals surface area contributed by atoms with Crippen LogP contribution in [0, 0.1) is 5.82 Å². The quantitative estimate of drug-likeness (QED) is 0.846. The van der Waals surface area contributed by atoms with Crippen LogP contribution in [-0.4, -0.2) is 44.8 Å². The molecule has 0 spiro atoms. The lowest BCUT2D eigenvalue weighted by Crippen LogP contribution is -2.53. The third-order valence-electron chi connectivity index (χ3n) is 3.64. The summed E-state index contributed by atoms with van der Waals surface area (Å²) in [5, 5.41) is 2.91. The zero-order chi connectivity index (χ0) is 15.2. The number of anilines is 1. The lowest BCUT2D eigenvalue weighted by Gasteiger charge is -2.35. The number of nitrogens with two attached hydrogens (primary N) is 1. The molecule has 1 aromatic rings. The van der Waals surface area contributed by atoms with Gasteiger partial charge in [-0.3, -0.25) is 4.79 Å². The van der Waals surface area contributed by atoms with Crippen molar-refractivity contribution < 1.29 is 13.9 Å². The third-order valence-corrected chi connectivity index (χ3v) is 3.64. The van der Waals surface area contributed by atoms with Crippen LogP contribution in [0.2, 0.25) is 0 Å². The standard InChI is InChI=1S/C15H22FN3O2/c1-21-10-13(17)15(20)18-11-5-4-8-19(9-11)14-7-3-2-6-12(14)16/h2-3,6-7,11,13H,4-5,8-10,17H2,1H3,(H,18,20). The molecule has 0 saturated carbocycles. The van der Waals surface area contributed by atoms with Crippen LogP contribution in [0.15, 0.2) is 24.3 Å². The van der Waals surface area contributed by atoms with E-state index in [1.807, 2.05) is 11.0 Å². The van der Waals surface area contributed by atoms with Gasteiger partial charge in [-0.2, -0.15) is 0 Å². The summed E-state index contributed by atoms with van der Waals surface area (Å²) in [6, 6.07) is 6.01. The van der Waals surface area contributed by atoms with Gasteiger partial charge in [0.05, 0.1) is 12.3 Å². The molecule has 1 fully saturated rings. The number of piperidine rings is 1. The van der Waals surface area contributed by atoms with E-state index >= 15 is 0 Å². The van der Waals surface area contributed by atoms with Gasteiger partial charge in [0, 0.05) is 26.2 Å². The number of carbonyl (C=O) groups excluding carboxylic acids is 1. The molecule has 2 rings (SSSR count). The first kappa shape index (κ1) is 15.7. The van der Waals surface area contributed by atoms with Gasteiger partial charge in [0.2, 0.25) is 5.91 Å². The summed E-state index contributed by atoms with van der Waals surface area (Å²) in [7, 11) is 1.51. The number of benzene rings is 1. The molecule has 1 amide bonds. The molecule has 1 saturated heterocycles. The van der Waals surface area contributed by atoms with Crippen LogP contribution in [0.1, 0.15) is 12.8 Å². The SMILES string of the molecule is COCC(N)C(=O)NC1CCCN(c2ccccc2F)C1. The normalized spacial score (nSPS) is 20.1. The number of ether oxygens (including phenoxy) is 1. The molecule has 0 bridgehead atoms. The number of methoxy groups -OCH3 is 1. The topological polar surface area (TPSA) is 67.6 Å². The highest BCUT2D eigenvalue weighted by Crippen LogP contribution is 2.22. The minimum atomic E-state index is -0.668. The molecule has 5 nitrogen and oxygen atoms in total. The molecule has 21 heavy (non-hydrogen) atoms. The van der Waals surface area contributed by atoms with Gasteiger partial charge in [0.1, 0.15) is 11.9 Å². The number of hydrogen-bond donors (Lipinski definition) is 2. The Bertz CT molecular complexity index is 484. The molecule has 1 aliphatic heterocycles. The number of para-hydroxylation sites is 1. The van der Waals surface area contributed by atoms with Crippen LogP contribution >= 0.6 is 0 Å². The summed E-state index contributed by atoms with van der Waals surface area (Å²) >= 11 is 0. The van der Waals surface area contributed by atoms with Gasteiger partial charge in [-0.05, 0) is 25.0 Å². The van der Waals surface area contributed by atoms with E-state index < -0.39 is 6.04 Å². The van der Waals surface area contributed by atoms with Gasteiger partial charge < -0.3 is 20.7 Å². The molecule has 1 aromatic carbocycles. The lowest BCUT2D eigenvalue weighted by atomic mass is 10.0. The second-order valence-electron chi connectivity index (χ2n) is 5.31. The zero-order valence-electron chi connectivity index (χ0n) is 12.2. The lowest BCUT2D eigenvalue weighted by molar-refractivity contribution is -0.124. The highest BCUT2D eigenvalue weighted by Gasteiger charge is 2.24. The average molecular weight is 295 g/mol. The highest BCUT2D eigenvalue weighted by molar-refractivity contribution is 5.82. The van der Waals surface area contributed by atoms with Crippen LogP contribution in [0.3, 0.4) is 0 Å². The average Bonchev–Trinajstić information content (AvgIpc) is 2.48. The van der Waals surface area contributed by atoms with Crippen molar-refractivity contribution in [2.24, 2.45) is 5.73 Å². The molecule has 1 aliphatic rings. The zero-order valence-corrected chi connectivity index (χ0v) is 12.2. The molecule has 2 atom stereocenters. The van der Waals surface area contributed by atoms with Crippen LogP contribution < -0.4 is 16.0 Å². The number of amides is 1. The van der Waals surface area contributed by atoms with E-state index in [2.05, 4.69) is 5.32 Å². The van der Waals surface area contributed by atoms with E-state index in [-0.39, 0.29) is 24.4 Å². The van der Waals surface area contributed by atoms with Gasteiger partial charge in [0.15, 0.2) is 0 Å². The van der Waals surface area contributed by atoms with E-state index in [1.165, 1.54) is 13.2 Å². The molecule has 0 radical (unpaired) electrons. The molecule has 3 N–H and O–H groups in total. The van der Waals surface area contributed by atoms with Gasteiger partial charge in [-0.25, -0.2) is 4.39 Å². The highest BCUT2D eigenvalue weighted by atomic mass is 19.1. The fourth-order valence-electron chi connectivity index (χ4n) is 2.59. The second kappa shape index (κ2) is 7.38. The minimum Gasteiger partial charge on any atom is -0.383 e. The van der Waals surface area contributed by atoms with Crippen molar-refractivity contribution in [1.82, 2.24) is 5.32 Å². The molecule has 6 heteroatoms. The first-order chi connectivity index (χ1) is 10.1. The van der Waals surface area contributed by atoms with Crippen LogP contribution in [0.25, 0.3) is 0 Å². The Hall–Kier alpha value is -1.66. The van der Waals surface area contributed by atoms with Crippen LogP contribution in [0.5, 0.6) is 0 Å². The summed E-state index contributed by atoms with van der Waals surface area (Å²) in [6.07, 6.45) is 1.77. The molecular weight excluding hydrogens is 273 g/mol. The number of carbonyl (C=O) groups is 1. The maximum Gasteiger partial charge on any atom is 0.239 e. The first-order valence-corrected chi connectivity index (χ1v) is 7.16. The summed E-state index contributed by atoms with van der Waals surface area (Å²) < 4.78 is 18.7. The van der Waals surface area contributed by atoms with Crippen molar-refractivity contribution in [3.8, 4) is 0 Å². The molecule has 116 valence electrons. The predicted molar refractivity (Wildman–Crippen MR) is 79.6 cm³/mol. The molecule has 0 aromatic heterocycles. The fourth-order valence-corrected chi connectivity index (χ4v) is 2.59. The fraction of sp³-hybridized carbons (Fsp3) is 0.533.